The number of rotatable bonds is 7. The number of halogens is 1. The minimum absolute atomic E-state index is 0. The zero-order valence-electron chi connectivity index (χ0n) is 18.1. The van der Waals surface area contributed by atoms with Gasteiger partial charge in [0, 0.05) is 29.1 Å². The van der Waals surface area contributed by atoms with E-state index in [0.29, 0.717) is 22.6 Å². The van der Waals surface area contributed by atoms with E-state index in [1.54, 1.807) is 20.3 Å². The van der Waals surface area contributed by atoms with Gasteiger partial charge in [0.1, 0.15) is 17.2 Å². The van der Waals surface area contributed by atoms with Crippen LogP contribution in [-0.4, -0.2) is 54.3 Å². The molecule has 2 aromatic carbocycles. The molecule has 0 aliphatic heterocycles. The first kappa shape index (κ1) is 22.1. The lowest BCUT2D eigenvalue weighted by molar-refractivity contribution is 0.103. The third-order valence-electron chi connectivity index (χ3n) is 5.78. The Morgan fingerprint density at radius 3 is 2.40 bits per heavy atom. The largest absolute Gasteiger partial charge is 0.497 e. The van der Waals surface area contributed by atoms with Crippen LogP contribution >= 0.6 is 12.4 Å². The van der Waals surface area contributed by atoms with Crippen LogP contribution in [0.4, 0.5) is 0 Å². The van der Waals surface area contributed by atoms with Crippen LogP contribution in [0.25, 0.3) is 22.2 Å². The summed E-state index contributed by atoms with van der Waals surface area (Å²) in [4.78, 5) is 15.8. The maximum atomic E-state index is 13.4. The van der Waals surface area contributed by atoms with Gasteiger partial charge in [0.05, 0.1) is 31.8 Å². The van der Waals surface area contributed by atoms with E-state index in [2.05, 4.69) is 24.8 Å². The molecule has 4 rings (SSSR count). The van der Waals surface area contributed by atoms with Gasteiger partial charge in [-0.3, -0.25) is 9.48 Å². The number of hydrogen-bond acceptors (Lipinski definition) is 5. The quantitative estimate of drug-likeness (QED) is 0.437. The molecule has 6 nitrogen and oxygen atoms in total. The van der Waals surface area contributed by atoms with Crippen LogP contribution in [-0.2, 0) is 6.54 Å². The number of benzene rings is 2. The molecule has 3 aromatic rings. The van der Waals surface area contributed by atoms with Crippen LogP contribution in [0.3, 0.4) is 0 Å². The van der Waals surface area contributed by atoms with Crippen molar-refractivity contribution in [1.82, 2.24) is 14.7 Å². The van der Waals surface area contributed by atoms with E-state index in [-0.39, 0.29) is 18.2 Å². The summed E-state index contributed by atoms with van der Waals surface area (Å²) in [6.07, 6.45) is 0. The molecule has 0 N–H and O–H groups in total. The second-order valence-corrected chi connectivity index (χ2v) is 7.39. The van der Waals surface area contributed by atoms with Gasteiger partial charge in [0.2, 0.25) is 0 Å². The number of ketones is 1. The van der Waals surface area contributed by atoms with E-state index in [1.165, 1.54) is 0 Å². The first-order valence-corrected chi connectivity index (χ1v) is 10.1. The molecular formula is C23H28ClN3O3. The van der Waals surface area contributed by atoms with Gasteiger partial charge in [-0.25, -0.2) is 0 Å². The summed E-state index contributed by atoms with van der Waals surface area (Å²) in [6, 6.07) is 7.67. The van der Waals surface area contributed by atoms with Gasteiger partial charge >= 0.3 is 0 Å². The summed E-state index contributed by atoms with van der Waals surface area (Å²) >= 11 is 0. The Kier molecular flexibility index (Phi) is 6.38. The Labute approximate surface area is 183 Å². The first-order chi connectivity index (χ1) is 14.0. The predicted octanol–water partition coefficient (Wildman–Crippen LogP) is 4.34. The van der Waals surface area contributed by atoms with Crippen molar-refractivity contribution in [2.45, 2.75) is 27.3 Å². The normalized spacial score (nSPS) is 12.1. The Bertz CT molecular complexity index is 1100. The summed E-state index contributed by atoms with van der Waals surface area (Å²) in [6.45, 7) is 10.0. The highest BCUT2D eigenvalue weighted by Gasteiger charge is 2.32. The third-order valence-corrected chi connectivity index (χ3v) is 5.78. The van der Waals surface area contributed by atoms with Gasteiger partial charge in [-0.05, 0) is 43.8 Å². The van der Waals surface area contributed by atoms with Gasteiger partial charge in [-0.15, -0.1) is 12.4 Å². The molecule has 0 atom stereocenters. The zero-order chi connectivity index (χ0) is 20.7. The van der Waals surface area contributed by atoms with Crippen molar-refractivity contribution in [3.8, 4) is 22.8 Å². The molecule has 0 saturated heterocycles. The summed E-state index contributed by atoms with van der Waals surface area (Å²) < 4.78 is 13.0. The van der Waals surface area contributed by atoms with Crippen molar-refractivity contribution >= 4 is 29.1 Å². The third kappa shape index (κ3) is 3.44. The highest BCUT2D eigenvalue weighted by Crippen LogP contribution is 2.45. The van der Waals surface area contributed by atoms with Crippen LogP contribution in [0.5, 0.6) is 11.5 Å². The minimum Gasteiger partial charge on any atom is -0.497 e. The minimum atomic E-state index is -0.0123. The van der Waals surface area contributed by atoms with Crippen molar-refractivity contribution in [2.75, 3.05) is 33.9 Å². The van der Waals surface area contributed by atoms with Crippen LogP contribution < -0.4 is 9.47 Å². The number of hydrogen-bond donors (Lipinski definition) is 0. The van der Waals surface area contributed by atoms with Crippen molar-refractivity contribution < 1.29 is 14.3 Å². The number of fused-ring (bicyclic) bond motifs is 2. The lowest BCUT2D eigenvalue weighted by atomic mass is 9.86. The number of likely N-dealkylation sites (N-methyl/N-ethyl adjacent to an activating group) is 1. The number of aromatic nitrogens is 2. The van der Waals surface area contributed by atoms with E-state index in [1.807, 2.05) is 23.7 Å². The maximum Gasteiger partial charge on any atom is 0.194 e. The molecule has 160 valence electrons. The van der Waals surface area contributed by atoms with Crippen molar-refractivity contribution in [1.29, 1.82) is 0 Å². The van der Waals surface area contributed by atoms with Crippen molar-refractivity contribution in [3.05, 3.63) is 41.0 Å². The number of carbonyl (C=O) groups is 1. The van der Waals surface area contributed by atoms with Crippen molar-refractivity contribution in [3.63, 3.8) is 0 Å². The van der Waals surface area contributed by atoms with Gasteiger partial charge in [-0.1, -0.05) is 13.8 Å². The zero-order valence-corrected chi connectivity index (χ0v) is 18.9. The second kappa shape index (κ2) is 8.66. The fraction of sp³-hybridized carbons (Fsp3) is 0.391. The van der Waals surface area contributed by atoms with E-state index in [9.17, 15) is 4.79 Å². The average molecular weight is 430 g/mol. The monoisotopic (exact) mass is 429 g/mol. The number of nitrogens with zero attached hydrogens (tertiary/aromatic N) is 3. The average Bonchev–Trinajstić information content (AvgIpc) is 3.09. The SMILES string of the molecule is CCN(CC)CCn1nc2c3c(cc(C)cc31)C(=O)c1cc(OC)cc(OC)c1-2.Cl. The molecule has 1 aliphatic carbocycles. The molecule has 0 fully saturated rings. The molecule has 0 amide bonds. The lowest BCUT2D eigenvalue weighted by Gasteiger charge is -2.19. The molecular weight excluding hydrogens is 402 g/mol. The topological polar surface area (TPSA) is 56.6 Å². The Morgan fingerprint density at radius 2 is 1.77 bits per heavy atom. The smallest absolute Gasteiger partial charge is 0.194 e. The van der Waals surface area contributed by atoms with E-state index >= 15 is 0 Å². The number of aryl methyl sites for hydroxylation is 1. The molecule has 0 saturated carbocycles. The first-order valence-electron chi connectivity index (χ1n) is 10.1. The molecule has 0 unspecified atom stereocenters. The van der Waals surface area contributed by atoms with E-state index in [4.69, 9.17) is 14.6 Å². The van der Waals surface area contributed by atoms with Gasteiger partial charge < -0.3 is 14.4 Å². The number of methoxy groups -OCH3 is 2. The highest BCUT2D eigenvalue weighted by atomic mass is 35.5. The fourth-order valence-corrected chi connectivity index (χ4v) is 4.18. The van der Waals surface area contributed by atoms with Crippen LogP contribution in [0.1, 0.15) is 35.3 Å². The van der Waals surface area contributed by atoms with Gasteiger partial charge in [-0.2, -0.15) is 5.10 Å². The Hall–Kier alpha value is -2.57. The molecule has 0 bridgehead atoms. The summed E-state index contributed by atoms with van der Waals surface area (Å²) in [5.74, 6) is 1.19. The second-order valence-electron chi connectivity index (χ2n) is 7.39. The predicted molar refractivity (Wildman–Crippen MR) is 121 cm³/mol. The number of carbonyl (C=O) groups excluding carboxylic acids is 1. The van der Waals surface area contributed by atoms with E-state index in [0.717, 1.165) is 53.9 Å². The molecule has 1 aromatic heterocycles. The van der Waals surface area contributed by atoms with E-state index < -0.39 is 0 Å². The molecule has 0 spiro atoms. The van der Waals surface area contributed by atoms with Crippen LogP contribution in [0.15, 0.2) is 24.3 Å². The van der Waals surface area contributed by atoms with Crippen molar-refractivity contribution in [2.24, 2.45) is 0 Å². The molecule has 7 heteroatoms. The van der Waals surface area contributed by atoms with Gasteiger partial charge in [0.25, 0.3) is 0 Å². The fourth-order valence-electron chi connectivity index (χ4n) is 4.18. The molecule has 1 aliphatic rings. The Balaban J connectivity index is 0.00000256. The molecule has 1 heterocycles. The lowest BCUT2D eigenvalue weighted by Crippen LogP contribution is -2.27. The number of ether oxygens (including phenoxy) is 2. The van der Waals surface area contributed by atoms with Crippen LogP contribution in [0, 0.1) is 6.92 Å². The summed E-state index contributed by atoms with van der Waals surface area (Å²) in [7, 11) is 3.20. The standard InChI is InChI=1S/C23H27N3O3.ClH/c1-6-25(7-2)8-9-26-18-11-14(3)10-16-20(18)22(24-26)21-17(23(16)27)12-15(28-4)13-19(21)29-5;/h10-13H,6-9H2,1-5H3;1H. The van der Waals surface area contributed by atoms with Gasteiger partial charge in [0.15, 0.2) is 5.78 Å². The molecule has 0 radical (unpaired) electrons. The molecule has 30 heavy (non-hydrogen) atoms. The summed E-state index contributed by atoms with van der Waals surface area (Å²) in [5.41, 5.74) is 4.89. The summed E-state index contributed by atoms with van der Waals surface area (Å²) in [5, 5.41) is 5.87. The highest BCUT2D eigenvalue weighted by molar-refractivity contribution is 6.26. The van der Waals surface area contributed by atoms with Crippen LogP contribution in [0.2, 0.25) is 0 Å². The Morgan fingerprint density at radius 1 is 1.03 bits per heavy atom. The maximum absolute atomic E-state index is 13.4.